The fraction of sp³-hybridized carbons (Fsp3) is 0.500. The number of benzene rings is 1. The Morgan fingerprint density at radius 2 is 2.27 bits per heavy atom. The Bertz CT molecular complexity index is 740. The summed E-state index contributed by atoms with van der Waals surface area (Å²) < 4.78 is 11.7. The van der Waals surface area contributed by atoms with Crippen molar-refractivity contribution in [3.8, 4) is 11.5 Å². The average Bonchev–Trinajstić information content (AvgIpc) is 2.97. The van der Waals surface area contributed by atoms with E-state index in [1.54, 1.807) is 7.11 Å². The quantitative estimate of drug-likeness (QED) is 0.795. The standard InChI is InChI=1S/C18H19NO3/c1-19-8-7-18-14-11-3-4-13(21-2)15(14)22-16(18)12(20)9-17(18,10-19)6-5-11/h3-6,16H,7-10H2,1-2H3/t16-,17+,18-/m0/s1. The number of carbonyl (C=O) groups is 1. The number of rotatable bonds is 1. The third kappa shape index (κ3) is 1.16. The fourth-order valence-electron chi connectivity index (χ4n) is 5.36. The first kappa shape index (κ1) is 12.7. The van der Waals surface area contributed by atoms with Gasteiger partial charge in [0.25, 0.3) is 0 Å². The van der Waals surface area contributed by atoms with Gasteiger partial charge in [-0.3, -0.25) is 4.79 Å². The predicted octanol–water partition coefficient (Wildman–Crippen LogP) is 2.02. The maximum absolute atomic E-state index is 12.8. The molecule has 22 heavy (non-hydrogen) atoms. The molecule has 4 heteroatoms. The van der Waals surface area contributed by atoms with Crippen molar-refractivity contribution in [1.82, 2.24) is 4.90 Å². The van der Waals surface area contributed by atoms with Crippen molar-refractivity contribution in [1.29, 1.82) is 0 Å². The maximum atomic E-state index is 12.8. The highest BCUT2D eigenvalue weighted by Crippen LogP contribution is 2.67. The number of hydrogen-bond donors (Lipinski definition) is 0. The lowest BCUT2D eigenvalue weighted by Gasteiger charge is -2.51. The number of likely N-dealkylation sites (tertiary alicyclic amines) is 1. The minimum atomic E-state index is -0.337. The molecule has 4 nitrogen and oxygen atoms in total. The number of ketones is 1. The van der Waals surface area contributed by atoms with E-state index in [-0.39, 0.29) is 22.7 Å². The normalized spacial score (nSPS) is 37.7. The highest BCUT2D eigenvalue weighted by molar-refractivity contribution is 5.94. The number of hydrogen-bond acceptors (Lipinski definition) is 4. The summed E-state index contributed by atoms with van der Waals surface area (Å²) in [6.07, 6.45) is 5.69. The summed E-state index contributed by atoms with van der Waals surface area (Å²) in [6.45, 7) is 1.92. The first-order valence-electron chi connectivity index (χ1n) is 7.90. The third-order valence-corrected chi connectivity index (χ3v) is 6.20. The molecule has 1 saturated carbocycles. The van der Waals surface area contributed by atoms with Crippen LogP contribution in [0.4, 0.5) is 0 Å². The molecule has 2 heterocycles. The molecule has 0 aromatic heterocycles. The van der Waals surface area contributed by atoms with Crippen molar-refractivity contribution in [2.45, 2.75) is 24.4 Å². The van der Waals surface area contributed by atoms with Gasteiger partial charge in [0.2, 0.25) is 0 Å². The van der Waals surface area contributed by atoms with Gasteiger partial charge in [0.1, 0.15) is 0 Å². The second kappa shape index (κ2) is 3.74. The first-order chi connectivity index (χ1) is 10.6. The van der Waals surface area contributed by atoms with Gasteiger partial charge in [-0.15, -0.1) is 0 Å². The Morgan fingerprint density at radius 3 is 3.09 bits per heavy atom. The molecular formula is C18H19NO3. The molecule has 114 valence electrons. The van der Waals surface area contributed by atoms with Crippen LogP contribution >= 0.6 is 0 Å². The Kier molecular flexibility index (Phi) is 2.16. The summed E-state index contributed by atoms with van der Waals surface area (Å²) in [5.74, 6) is 1.79. The van der Waals surface area contributed by atoms with Crippen molar-refractivity contribution in [2.75, 3.05) is 27.2 Å². The summed E-state index contributed by atoms with van der Waals surface area (Å²) >= 11 is 0. The lowest BCUT2D eigenvalue weighted by Crippen LogP contribution is -2.57. The van der Waals surface area contributed by atoms with Gasteiger partial charge in [0.15, 0.2) is 23.4 Å². The molecule has 0 radical (unpaired) electrons. The van der Waals surface area contributed by atoms with E-state index in [0.717, 1.165) is 31.0 Å². The molecule has 1 saturated heterocycles. The van der Waals surface area contributed by atoms with Crippen molar-refractivity contribution < 1.29 is 14.3 Å². The van der Waals surface area contributed by atoms with E-state index in [2.05, 4.69) is 30.2 Å². The number of Topliss-reactive ketones (excluding diaryl/α,β-unsaturated/α-hetero) is 1. The summed E-state index contributed by atoms with van der Waals surface area (Å²) in [7, 11) is 3.81. The van der Waals surface area contributed by atoms with Crippen LogP contribution in [-0.2, 0) is 10.2 Å². The molecule has 2 aliphatic carbocycles. The van der Waals surface area contributed by atoms with E-state index >= 15 is 0 Å². The molecule has 3 atom stereocenters. The van der Waals surface area contributed by atoms with Gasteiger partial charge in [0.05, 0.1) is 12.5 Å². The first-order valence-corrected chi connectivity index (χ1v) is 7.90. The van der Waals surface area contributed by atoms with Crippen molar-refractivity contribution in [3.05, 3.63) is 29.3 Å². The van der Waals surface area contributed by atoms with Gasteiger partial charge in [-0.2, -0.15) is 0 Å². The second-order valence-electron chi connectivity index (χ2n) is 7.15. The average molecular weight is 297 g/mol. The fourth-order valence-corrected chi connectivity index (χ4v) is 5.36. The monoisotopic (exact) mass is 297 g/mol. The Morgan fingerprint density at radius 1 is 1.41 bits per heavy atom. The van der Waals surface area contributed by atoms with E-state index in [1.807, 2.05) is 6.07 Å². The van der Waals surface area contributed by atoms with E-state index in [9.17, 15) is 4.79 Å². The molecule has 1 aromatic rings. The summed E-state index contributed by atoms with van der Waals surface area (Å²) in [5, 5.41) is 0. The van der Waals surface area contributed by atoms with Crippen LogP contribution in [0.5, 0.6) is 11.5 Å². The maximum Gasteiger partial charge on any atom is 0.175 e. The molecule has 2 aliphatic heterocycles. The van der Waals surface area contributed by atoms with E-state index in [4.69, 9.17) is 9.47 Å². The molecule has 0 amide bonds. The molecule has 0 unspecified atom stereocenters. The topological polar surface area (TPSA) is 38.8 Å². The van der Waals surface area contributed by atoms with Gasteiger partial charge >= 0.3 is 0 Å². The van der Waals surface area contributed by atoms with Crippen molar-refractivity contribution in [3.63, 3.8) is 0 Å². The largest absolute Gasteiger partial charge is 0.493 e. The lowest BCUT2D eigenvalue weighted by molar-refractivity contribution is -0.123. The number of nitrogens with zero attached hydrogens (tertiary/aromatic N) is 1. The van der Waals surface area contributed by atoms with Crippen LogP contribution in [0, 0.1) is 5.41 Å². The van der Waals surface area contributed by atoms with Gasteiger partial charge in [-0.05, 0) is 31.6 Å². The number of piperidine rings is 1. The van der Waals surface area contributed by atoms with Gasteiger partial charge in [0, 0.05) is 23.9 Å². The minimum Gasteiger partial charge on any atom is -0.493 e. The van der Waals surface area contributed by atoms with E-state index in [0.29, 0.717) is 6.42 Å². The molecule has 0 bridgehead atoms. The molecule has 1 spiro atoms. The Labute approximate surface area is 129 Å². The van der Waals surface area contributed by atoms with Crippen LogP contribution in [0.25, 0.3) is 6.08 Å². The minimum absolute atomic E-state index is 0.119. The predicted molar refractivity (Wildman–Crippen MR) is 82.3 cm³/mol. The zero-order valence-corrected chi connectivity index (χ0v) is 12.9. The van der Waals surface area contributed by atoms with Crippen LogP contribution in [0.15, 0.2) is 18.2 Å². The van der Waals surface area contributed by atoms with Gasteiger partial charge < -0.3 is 14.4 Å². The third-order valence-electron chi connectivity index (χ3n) is 6.20. The number of carbonyl (C=O) groups excluding carboxylic acids is 1. The van der Waals surface area contributed by atoms with E-state index < -0.39 is 0 Å². The highest BCUT2D eigenvalue weighted by atomic mass is 16.5. The van der Waals surface area contributed by atoms with Crippen LogP contribution in [0.3, 0.4) is 0 Å². The molecule has 0 N–H and O–H groups in total. The zero-order chi connectivity index (χ0) is 15.1. The van der Waals surface area contributed by atoms with Gasteiger partial charge in [-0.25, -0.2) is 0 Å². The summed E-state index contributed by atoms with van der Waals surface area (Å²) in [5.41, 5.74) is 2.10. The van der Waals surface area contributed by atoms with Crippen LogP contribution < -0.4 is 9.47 Å². The van der Waals surface area contributed by atoms with Crippen LogP contribution in [0.1, 0.15) is 24.0 Å². The number of ether oxygens (including phenoxy) is 2. The molecule has 5 rings (SSSR count). The van der Waals surface area contributed by atoms with Crippen LogP contribution in [0.2, 0.25) is 0 Å². The highest BCUT2D eigenvalue weighted by Gasteiger charge is 2.71. The molecule has 4 aliphatic rings. The van der Waals surface area contributed by atoms with Crippen molar-refractivity contribution in [2.24, 2.45) is 5.41 Å². The molecular weight excluding hydrogens is 278 g/mol. The van der Waals surface area contributed by atoms with Crippen molar-refractivity contribution >= 4 is 11.9 Å². The molecule has 1 aromatic carbocycles. The number of methoxy groups -OCH3 is 1. The molecule has 2 fully saturated rings. The summed E-state index contributed by atoms with van der Waals surface area (Å²) in [6, 6.07) is 4.04. The Balaban J connectivity index is 1.85. The summed E-state index contributed by atoms with van der Waals surface area (Å²) in [4.78, 5) is 15.1. The van der Waals surface area contributed by atoms with Crippen LogP contribution in [-0.4, -0.2) is 44.0 Å². The zero-order valence-electron chi connectivity index (χ0n) is 12.9. The Hall–Kier alpha value is -1.81. The SMILES string of the molecule is COc1ccc2c3c1O[C@H]1C(=O)C[C@]4(C=C2)CN(C)CC[C@]314. The van der Waals surface area contributed by atoms with Gasteiger partial charge in [-0.1, -0.05) is 18.2 Å². The van der Waals surface area contributed by atoms with E-state index in [1.165, 1.54) is 11.1 Å². The second-order valence-corrected chi connectivity index (χ2v) is 7.15. The smallest absolute Gasteiger partial charge is 0.175 e. The lowest BCUT2D eigenvalue weighted by atomic mass is 9.55.